The number of halogens is 1. The molecule has 0 unspecified atom stereocenters. The Morgan fingerprint density at radius 1 is 1.33 bits per heavy atom. The second-order valence-electron chi connectivity index (χ2n) is 4.19. The van der Waals surface area contributed by atoms with E-state index < -0.39 is 11.9 Å². The first-order valence-corrected chi connectivity index (χ1v) is 6.91. The number of aryl methyl sites for hydroxylation is 2. The van der Waals surface area contributed by atoms with Crippen molar-refractivity contribution in [3.8, 4) is 0 Å². The number of ether oxygens (including phenoxy) is 1. The van der Waals surface area contributed by atoms with Crippen molar-refractivity contribution in [1.82, 2.24) is 19.6 Å². The summed E-state index contributed by atoms with van der Waals surface area (Å²) in [6, 6.07) is 0. The van der Waals surface area contributed by atoms with Gasteiger partial charge in [0.2, 0.25) is 0 Å². The van der Waals surface area contributed by atoms with Crippen LogP contribution >= 0.6 is 15.9 Å². The van der Waals surface area contributed by atoms with Gasteiger partial charge in [-0.3, -0.25) is 14.2 Å². The minimum atomic E-state index is -0.613. The smallest absolute Gasteiger partial charge is 0.360 e. The largest absolute Gasteiger partial charge is 0.464 e. The van der Waals surface area contributed by atoms with Crippen molar-refractivity contribution < 1.29 is 14.3 Å². The lowest BCUT2D eigenvalue weighted by Gasteiger charge is -2.02. The lowest BCUT2D eigenvalue weighted by Crippen LogP contribution is -2.16. The standard InChI is InChI=1S/C12H14BrN5O3/c1-4-18-6-8(10(16-18)12(20)21-3)14-11(19)9-7(13)5-17(2)15-9/h5-6H,4H2,1-3H3,(H,14,19). The number of methoxy groups -OCH3 is 1. The molecular formula is C12H14BrN5O3. The second-order valence-corrected chi connectivity index (χ2v) is 5.05. The molecule has 0 fully saturated rings. The van der Waals surface area contributed by atoms with Gasteiger partial charge in [-0.15, -0.1) is 0 Å². The van der Waals surface area contributed by atoms with Crippen molar-refractivity contribution in [2.24, 2.45) is 7.05 Å². The van der Waals surface area contributed by atoms with Crippen LogP contribution in [0, 0.1) is 0 Å². The van der Waals surface area contributed by atoms with Gasteiger partial charge in [0, 0.05) is 26.0 Å². The lowest BCUT2D eigenvalue weighted by atomic mass is 10.3. The van der Waals surface area contributed by atoms with E-state index in [1.807, 2.05) is 6.92 Å². The first-order valence-electron chi connectivity index (χ1n) is 6.12. The molecule has 0 aliphatic heterocycles. The van der Waals surface area contributed by atoms with E-state index in [9.17, 15) is 9.59 Å². The zero-order valence-corrected chi connectivity index (χ0v) is 13.3. The van der Waals surface area contributed by atoms with Crippen molar-refractivity contribution in [1.29, 1.82) is 0 Å². The Kier molecular flexibility index (Phi) is 4.41. The number of nitrogens with one attached hydrogen (secondary N) is 1. The molecule has 2 heterocycles. The quantitative estimate of drug-likeness (QED) is 0.837. The summed E-state index contributed by atoms with van der Waals surface area (Å²) in [5, 5.41) is 10.7. The summed E-state index contributed by atoms with van der Waals surface area (Å²) in [5.41, 5.74) is 0.559. The highest BCUT2D eigenvalue weighted by Crippen LogP contribution is 2.19. The molecule has 9 heteroatoms. The Labute approximate surface area is 129 Å². The summed E-state index contributed by atoms with van der Waals surface area (Å²) in [7, 11) is 2.96. The summed E-state index contributed by atoms with van der Waals surface area (Å²) in [6.45, 7) is 2.43. The number of anilines is 1. The van der Waals surface area contributed by atoms with Gasteiger partial charge in [-0.25, -0.2) is 4.79 Å². The first kappa shape index (κ1) is 15.2. The molecule has 0 bridgehead atoms. The predicted molar refractivity (Wildman–Crippen MR) is 78.1 cm³/mol. The SMILES string of the molecule is CCn1cc(NC(=O)c2nn(C)cc2Br)c(C(=O)OC)n1. The Bertz CT molecular complexity index is 691. The lowest BCUT2D eigenvalue weighted by molar-refractivity contribution is 0.0594. The Morgan fingerprint density at radius 2 is 2.05 bits per heavy atom. The van der Waals surface area contributed by atoms with Gasteiger partial charge in [0.05, 0.1) is 17.3 Å². The van der Waals surface area contributed by atoms with Crippen LogP contribution in [0.4, 0.5) is 5.69 Å². The molecule has 112 valence electrons. The summed E-state index contributed by atoms with van der Waals surface area (Å²) in [4.78, 5) is 23.9. The minimum Gasteiger partial charge on any atom is -0.464 e. The van der Waals surface area contributed by atoms with Gasteiger partial charge in [-0.1, -0.05) is 0 Å². The number of carbonyl (C=O) groups is 2. The van der Waals surface area contributed by atoms with Crippen molar-refractivity contribution in [3.05, 3.63) is 28.3 Å². The fraction of sp³-hybridized carbons (Fsp3) is 0.333. The van der Waals surface area contributed by atoms with Crippen molar-refractivity contribution in [3.63, 3.8) is 0 Å². The number of aromatic nitrogens is 4. The van der Waals surface area contributed by atoms with Crippen LogP contribution in [0.2, 0.25) is 0 Å². The highest BCUT2D eigenvalue weighted by molar-refractivity contribution is 9.10. The topological polar surface area (TPSA) is 91.0 Å². The number of rotatable bonds is 4. The van der Waals surface area contributed by atoms with Gasteiger partial charge in [-0.2, -0.15) is 10.2 Å². The fourth-order valence-corrected chi connectivity index (χ4v) is 2.27. The zero-order valence-electron chi connectivity index (χ0n) is 11.8. The van der Waals surface area contributed by atoms with Crippen LogP contribution in [0.3, 0.4) is 0 Å². The van der Waals surface area contributed by atoms with E-state index in [1.165, 1.54) is 16.5 Å². The van der Waals surface area contributed by atoms with Crippen LogP contribution in [0.15, 0.2) is 16.9 Å². The summed E-state index contributed by atoms with van der Waals surface area (Å²) >= 11 is 3.25. The van der Waals surface area contributed by atoms with Crippen LogP contribution in [-0.4, -0.2) is 38.5 Å². The zero-order chi connectivity index (χ0) is 15.6. The van der Waals surface area contributed by atoms with E-state index in [0.717, 1.165) is 0 Å². The van der Waals surface area contributed by atoms with Gasteiger partial charge < -0.3 is 10.1 Å². The van der Waals surface area contributed by atoms with E-state index in [0.29, 0.717) is 11.0 Å². The highest BCUT2D eigenvalue weighted by Gasteiger charge is 2.21. The molecule has 2 aromatic rings. The monoisotopic (exact) mass is 355 g/mol. The van der Waals surface area contributed by atoms with E-state index in [4.69, 9.17) is 0 Å². The third-order valence-electron chi connectivity index (χ3n) is 2.71. The molecule has 0 saturated carbocycles. The molecule has 0 atom stereocenters. The average Bonchev–Trinajstić information content (AvgIpc) is 3.01. The molecule has 8 nitrogen and oxygen atoms in total. The molecule has 2 rings (SSSR count). The maximum absolute atomic E-state index is 12.2. The van der Waals surface area contributed by atoms with E-state index in [1.54, 1.807) is 19.4 Å². The maximum Gasteiger partial charge on any atom is 0.360 e. The van der Waals surface area contributed by atoms with Gasteiger partial charge in [-0.05, 0) is 22.9 Å². The third-order valence-corrected chi connectivity index (χ3v) is 3.29. The molecule has 0 aromatic carbocycles. The summed E-state index contributed by atoms with van der Waals surface area (Å²) in [5.74, 6) is -1.05. The number of hydrogen-bond acceptors (Lipinski definition) is 5. The molecular weight excluding hydrogens is 342 g/mol. The van der Waals surface area contributed by atoms with Crippen molar-refractivity contribution in [2.75, 3.05) is 12.4 Å². The molecule has 0 saturated heterocycles. The van der Waals surface area contributed by atoms with Crippen LogP contribution < -0.4 is 5.32 Å². The number of esters is 1. The predicted octanol–water partition coefficient (Wildman–Crippen LogP) is 1.44. The maximum atomic E-state index is 12.2. The first-order chi connectivity index (χ1) is 9.96. The van der Waals surface area contributed by atoms with E-state index in [-0.39, 0.29) is 17.1 Å². The molecule has 0 radical (unpaired) electrons. The fourth-order valence-electron chi connectivity index (χ4n) is 1.72. The van der Waals surface area contributed by atoms with Crippen LogP contribution in [-0.2, 0) is 18.3 Å². The molecule has 0 aliphatic carbocycles. The number of hydrogen-bond donors (Lipinski definition) is 1. The number of amides is 1. The van der Waals surface area contributed by atoms with Crippen molar-refractivity contribution in [2.45, 2.75) is 13.5 Å². The van der Waals surface area contributed by atoms with Crippen LogP contribution in [0.25, 0.3) is 0 Å². The number of carbonyl (C=O) groups excluding carboxylic acids is 2. The van der Waals surface area contributed by atoms with Crippen LogP contribution in [0.1, 0.15) is 27.9 Å². The molecule has 0 spiro atoms. The van der Waals surface area contributed by atoms with E-state index >= 15 is 0 Å². The second kappa shape index (κ2) is 6.08. The Morgan fingerprint density at radius 3 is 2.57 bits per heavy atom. The minimum absolute atomic E-state index is 0.0553. The van der Waals surface area contributed by atoms with Gasteiger partial charge >= 0.3 is 5.97 Å². The normalized spacial score (nSPS) is 10.5. The Balaban J connectivity index is 2.30. The summed E-state index contributed by atoms with van der Waals surface area (Å²) in [6.07, 6.45) is 3.23. The molecule has 1 amide bonds. The molecule has 21 heavy (non-hydrogen) atoms. The summed E-state index contributed by atoms with van der Waals surface area (Å²) < 4.78 is 8.26. The average molecular weight is 356 g/mol. The van der Waals surface area contributed by atoms with Crippen LogP contribution in [0.5, 0.6) is 0 Å². The van der Waals surface area contributed by atoms with Gasteiger partial charge in [0.1, 0.15) is 0 Å². The van der Waals surface area contributed by atoms with E-state index in [2.05, 4.69) is 36.2 Å². The van der Waals surface area contributed by atoms with Gasteiger partial charge in [0.25, 0.3) is 5.91 Å². The van der Waals surface area contributed by atoms with Crippen molar-refractivity contribution >= 4 is 33.5 Å². The highest BCUT2D eigenvalue weighted by atomic mass is 79.9. The number of nitrogens with zero attached hydrogens (tertiary/aromatic N) is 4. The molecule has 0 aliphatic rings. The van der Waals surface area contributed by atoms with Gasteiger partial charge in [0.15, 0.2) is 11.4 Å². The Hall–Kier alpha value is -2.16. The third kappa shape index (κ3) is 3.13. The molecule has 1 N–H and O–H groups in total. The molecule has 2 aromatic heterocycles.